The molecule has 1 atom stereocenters. The molecular weight excluding hydrogens is 300 g/mol. The van der Waals surface area contributed by atoms with Crippen molar-refractivity contribution in [2.45, 2.75) is 25.8 Å². The van der Waals surface area contributed by atoms with Gasteiger partial charge < -0.3 is 15.0 Å². The van der Waals surface area contributed by atoms with Crippen LogP contribution in [-0.4, -0.2) is 31.2 Å². The maximum absolute atomic E-state index is 9.13. The van der Waals surface area contributed by atoms with Gasteiger partial charge >= 0.3 is 0 Å². The number of hydrogen-bond acceptors (Lipinski definition) is 5. The maximum atomic E-state index is 9.13. The largest absolute Gasteiger partial charge is 0.495 e. The van der Waals surface area contributed by atoms with Crippen LogP contribution in [-0.2, 0) is 0 Å². The fraction of sp³-hybridized carbons (Fsp3) is 0.368. The molecule has 1 aliphatic heterocycles. The van der Waals surface area contributed by atoms with Gasteiger partial charge in [0.1, 0.15) is 23.3 Å². The van der Waals surface area contributed by atoms with Crippen LogP contribution in [0, 0.1) is 18.3 Å². The number of aromatic nitrogens is 1. The third-order valence-corrected chi connectivity index (χ3v) is 4.40. The molecule has 0 aliphatic carbocycles. The molecule has 5 heteroatoms. The van der Waals surface area contributed by atoms with Crippen molar-refractivity contribution in [3.05, 3.63) is 47.7 Å². The zero-order chi connectivity index (χ0) is 16.9. The van der Waals surface area contributed by atoms with Crippen LogP contribution in [0.25, 0.3) is 0 Å². The number of benzene rings is 1. The van der Waals surface area contributed by atoms with Gasteiger partial charge in [-0.05, 0) is 43.5 Å². The molecular formula is C19H22N4O. The molecule has 0 spiro atoms. The topological polar surface area (TPSA) is 61.2 Å². The number of nitrogens with one attached hydrogen (secondary N) is 1. The van der Waals surface area contributed by atoms with Crippen LogP contribution < -0.4 is 15.0 Å². The predicted molar refractivity (Wildman–Crippen MR) is 95.5 cm³/mol. The lowest BCUT2D eigenvalue weighted by Gasteiger charge is -2.35. The number of pyridine rings is 1. The quantitative estimate of drug-likeness (QED) is 0.935. The Bertz CT molecular complexity index is 753. The van der Waals surface area contributed by atoms with Gasteiger partial charge in [-0.1, -0.05) is 18.2 Å². The van der Waals surface area contributed by atoms with Crippen LogP contribution in [0.5, 0.6) is 5.75 Å². The zero-order valence-electron chi connectivity index (χ0n) is 14.1. The number of hydrogen-bond donors (Lipinski definition) is 1. The van der Waals surface area contributed by atoms with Crippen LogP contribution in [0.15, 0.2) is 36.4 Å². The number of anilines is 2. The van der Waals surface area contributed by atoms with E-state index in [9.17, 15) is 0 Å². The predicted octanol–water partition coefficient (Wildman–Crippen LogP) is 3.35. The van der Waals surface area contributed by atoms with Crippen molar-refractivity contribution in [3.8, 4) is 11.8 Å². The first-order valence-electron chi connectivity index (χ1n) is 8.23. The van der Waals surface area contributed by atoms with Crippen LogP contribution in [0.3, 0.4) is 0 Å². The Morgan fingerprint density at radius 2 is 2.12 bits per heavy atom. The van der Waals surface area contributed by atoms with Crippen molar-refractivity contribution < 1.29 is 4.74 Å². The smallest absolute Gasteiger partial charge is 0.145 e. The van der Waals surface area contributed by atoms with Gasteiger partial charge in [0.25, 0.3) is 0 Å². The van der Waals surface area contributed by atoms with E-state index in [1.165, 1.54) is 0 Å². The molecule has 0 bridgehead atoms. The molecule has 1 saturated heterocycles. The number of piperidine rings is 1. The Balaban J connectivity index is 1.73. The second-order valence-corrected chi connectivity index (χ2v) is 6.08. The number of ether oxygens (including phenoxy) is 1. The number of methoxy groups -OCH3 is 1. The monoisotopic (exact) mass is 322 g/mol. The van der Waals surface area contributed by atoms with Gasteiger partial charge in [0, 0.05) is 19.1 Å². The minimum absolute atomic E-state index is 0.297. The molecule has 1 aliphatic rings. The van der Waals surface area contributed by atoms with Gasteiger partial charge in [-0.2, -0.15) is 5.26 Å². The Morgan fingerprint density at radius 1 is 1.29 bits per heavy atom. The van der Waals surface area contributed by atoms with Gasteiger partial charge in [-0.25, -0.2) is 4.98 Å². The van der Waals surface area contributed by atoms with Gasteiger partial charge in [0.15, 0.2) is 0 Å². The normalized spacial score (nSPS) is 17.2. The molecule has 1 aromatic carbocycles. The second kappa shape index (κ2) is 7.22. The van der Waals surface area contributed by atoms with E-state index in [0.717, 1.165) is 48.7 Å². The van der Waals surface area contributed by atoms with Gasteiger partial charge in [-0.15, -0.1) is 0 Å². The molecule has 5 nitrogen and oxygen atoms in total. The molecule has 24 heavy (non-hydrogen) atoms. The number of rotatable bonds is 4. The highest BCUT2D eigenvalue weighted by Gasteiger charge is 2.22. The summed E-state index contributed by atoms with van der Waals surface area (Å²) in [5, 5.41) is 12.6. The van der Waals surface area contributed by atoms with Crippen molar-refractivity contribution in [3.63, 3.8) is 0 Å². The fourth-order valence-electron chi connectivity index (χ4n) is 3.14. The Kier molecular flexibility index (Phi) is 4.85. The Morgan fingerprint density at radius 3 is 2.92 bits per heavy atom. The van der Waals surface area contributed by atoms with Gasteiger partial charge in [-0.3, -0.25) is 0 Å². The minimum atomic E-state index is 0.297. The lowest BCUT2D eigenvalue weighted by molar-refractivity contribution is 0.411. The van der Waals surface area contributed by atoms with E-state index < -0.39 is 0 Å². The molecule has 124 valence electrons. The lowest BCUT2D eigenvalue weighted by Crippen LogP contribution is -2.42. The first-order valence-corrected chi connectivity index (χ1v) is 8.23. The van der Waals surface area contributed by atoms with Crippen LogP contribution in [0.4, 0.5) is 11.5 Å². The van der Waals surface area contributed by atoms with E-state index in [0.29, 0.717) is 11.7 Å². The molecule has 2 aromatic rings. The van der Waals surface area contributed by atoms with E-state index in [2.05, 4.69) is 27.3 Å². The van der Waals surface area contributed by atoms with E-state index in [4.69, 9.17) is 10.00 Å². The highest BCUT2D eigenvalue weighted by Crippen LogP contribution is 2.30. The van der Waals surface area contributed by atoms with E-state index in [1.807, 2.05) is 37.3 Å². The van der Waals surface area contributed by atoms with E-state index in [1.54, 1.807) is 7.11 Å². The summed E-state index contributed by atoms with van der Waals surface area (Å²) in [5.41, 5.74) is 2.51. The highest BCUT2D eigenvalue weighted by molar-refractivity contribution is 5.59. The lowest BCUT2D eigenvalue weighted by atomic mass is 10.0. The average Bonchev–Trinajstić information content (AvgIpc) is 2.63. The summed E-state index contributed by atoms with van der Waals surface area (Å²) < 4.78 is 5.49. The third-order valence-electron chi connectivity index (χ3n) is 4.40. The minimum Gasteiger partial charge on any atom is -0.495 e. The van der Waals surface area contributed by atoms with E-state index in [-0.39, 0.29) is 0 Å². The SMILES string of the molecule is COc1ccccc1N1CCCC(Nc2ccc(C)c(C#N)n2)C1. The first kappa shape index (κ1) is 16.1. The summed E-state index contributed by atoms with van der Waals surface area (Å²) in [7, 11) is 1.71. The third kappa shape index (κ3) is 3.43. The Hall–Kier alpha value is -2.74. The van der Waals surface area contributed by atoms with Crippen molar-refractivity contribution >= 4 is 11.5 Å². The summed E-state index contributed by atoms with van der Waals surface area (Å²) in [6, 6.07) is 14.4. The fourth-order valence-corrected chi connectivity index (χ4v) is 3.14. The van der Waals surface area contributed by atoms with Crippen LogP contribution >= 0.6 is 0 Å². The van der Waals surface area contributed by atoms with Crippen molar-refractivity contribution in [2.24, 2.45) is 0 Å². The van der Waals surface area contributed by atoms with Crippen molar-refractivity contribution in [1.82, 2.24) is 4.98 Å². The van der Waals surface area contributed by atoms with Gasteiger partial charge in [0.05, 0.1) is 12.8 Å². The average molecular weight is 322 g/mol. The zero-order valence-corrected chi connectivity index (χ0v) is 14.1. The number of aryl methyl sites for hydroxylation is 1. The molecule has 0 saturated carbocycles. The highest BCUT2D eigenvalue weighted by atomic mass is 16.5. The molecule has 1 unspecified atom stereocenters. The summed E-state index contributed by atoms with van der Waals surface area (Å²) >= 11 is 0. The summed E-state index contributed by atoms with van der Waals surface area (Å²) in [5.74, 6) is 1.67. The van der Waals surface area contributed by atoms with Crippen molar-refractivity contribution in [2.75, 3.05) is 30.4 Å². The molecule has 1 N–H and O–H groups in total. The number of nitriles is 1. The summed E-state index contributed by atoms with van der Waals surface area (Å²) in [4.78, 5) is 6.75. The maximum Gasteiger partial charge on any atom is 0.145 e. The van der Waals surface area contributed by atoms with Gasteiger partial charge in [0.2, 0.25) is 0 Å². The molecule has 1 fully saturated rings. The second-order valence-electron chi connectivity index (χ2n) is 6.08. The van der Waals surface area contributed by atoms with Crippen LogP contribution in [0.1, 0.15) is 24.1 Å². The molecule has 0 amide bonds. The number of para-hydroxylation sites is 2. The standard InChI is InChI=1S/C19H22N4O/c1-14-9-10-19(22-16(14)12-20)21-15-6-5-11-23(13-15)17-7-3-4-8-18(17)24-2/h3-4,7-10,15H,5-6,11,13H2,1-2H3,(H,21,22). The molecule has 0 radical (unpaired) electrons. The summed E-state index contributed by atoms with van der Waals surface area (Å²) in [6.07, 6.45) is 2.19. The molecule has 3 rings (SSSR count). The molecule has 1 aromatic heterocycles. The summed E-state index contributed by atoms with van der Waals surface area (Å²) in [6.45, 7) is 3.81. The van der Waals surface area contributed by atoms with E-state index >= 15 is 0 Å². The van der Waals surface area contributed by atoms with Crippen molar-refractivity contribution in [1.29, 1.82) is 5.26 Å². The van der Waals surface area contributed by atoms with Crippen LogP contribution in [0.2, 0.25) is 0 Å². The Labute approximate surface area is 142 Å². The first-order chi connectivity index (χ1) is 11.7. The number of nitrogens with zero attached hydrogens (tertiary/aromatic N) is 3. The molecule has 2 heterocycles.